The minimum atomic E-state index is -4.92. The van der Waals surface area contributed by atoms with Gasteiger partial charge in [0.2, 0.25) is 5.60 Å². The van der Waals surface area contributed by atoms with Gasteiger partial charge in [0.25, 0.3) is 0 Å². The Bertz CT molecular complexity index is 686. The molecule has 0 aromatic heterocycles. The van der Waals surface area contributed by atoms with Crippen LogP contribution in [0.4, 0.5) is 13.2 Å². The van der Waals surface area contributed by atoms with Gasteiger partial charge in [0.15, 0.2) is 0 Å². The lowest BCUT2D eigenvalue weighted by Crippen LogP contribution is -2.41. The Morgan fingerprint density at radius 3 is 2.05 bits per heavy atom. The van der Waals surface area contributed by atoms with Crippen LogP contribution in [0.2, 0.25) is 0 Å². The zero-order valence-electron chi connectivity index (χ0n) is 10.7. The molecule has 0 radical (unpaired) electrons. The Morgan fingerprint density at radius 2 is 1.48 bits per heavy atom. The van der Waals surface area contributed by atoms with E-state index in [4.69, 9.17) is 0 Å². The molecule has 108 valence electrons. The largest absolute Gasteiger partial charge is 0.433 e. The summed E-state index contributed by atoms with van der Waals surface area (Å²) in [5.41, 5.74) is -3.17. The van der Waals surface area contributed by atoms with Crippen molar-refractivity contribution in [2.75, 3.05) is 0 Å². The molecule has 2 aromatic carbocycles. The van der Waals surface area contributed by atoms with Gasteiger partial charge in [-0.3, -0.25) is 0 Å². The first-order valence-electron chi connectivity index (χ1n) is 5.97. The monoisotopic (exact) mass is 354 g/mol. The summed E-state index contributed by atoms with van der Waals surface area (Å²) in [6.07, 6.45) is -4.92. The van der Waals surface area contributed by atoms with Gasteiger partial charge in [-0.05, 0) is 24.1 Å². The highest BCUT2D eigenvalue weighted by Gasteiger charge is 2.55. The van der Waals surface area contributed by atoms with Gasteiger partial charge in [0, 0.05) is 15.6 Å². The van der Waals surface area contributed by atoms with E-state index >= 15 is 0 Å². The number of benzene rings is 2. The molecule has 0 saturated heterocycles. The topological polar surface area (TPSA) is 20.2 Å². The first-order valence-corrected chi connectivity index (χ1v) is 6.76. The fourth-order valence-corrected chi connectivity index (χ4v) is 2.30. The summed E-state index contributed by atoms with van der Waals surface area (Å²) in [6.45, 7) is 0. The van der Waals surface area contributed by atoms with E-state index in [2.05, 4.69) is 21.9 Å². The van der Waals surface area contributed by atoms with Crippen LogP contribution in [0.15, 0.2) is 59.1 Å². The first-order chi connectivity index (χ1) is 9.84. The summed E-state index contributed by atoms with van der Waals surface area (Å²) in [7, 11) is 0. The van der Waals surface area contributed by atoms with Crippen LogP contribution in [-0.4, -0.2) is 11.3 Å². The molecule has 2 aromatic rings. The highest BCUT2D eigenvalue weighted by Crippen LogP contribution is 2.41. The van der Waals surface area contributed by atoms with Gasteiger partial charge in [-0.2, -0.15) is 13.2 Å². The quantitative estimate of drug-likeness (QED) is 0.759. The predicted octanol–water partition coefficient (Wildman–Crippen LogP) is 4.25. The SMILES string of the molecule is OC(C#Cc1ccccc1)(c1ccccc1Br)C(F)(F)F. The highest BCUT2D eigenvalue weighted by molar-refractivity contribution is 9.10. The molecule has 0 bridgehead atoms. The maximum atomic E-state index is 13.3. The van der Waals surface area contributed by atoms with Crippen LogP contribution < -0.4 is 0 Å². The second-order valence-corrected chi connectivity index (χ2v) is 5.16. The van der Waals surface area contributed by atoms with Gasteiger partial charge in [-0.1, -0.05) is 58.2 Å². The third-order valence-corrected chi connectivity index (χ3v) is 3.53. The number of alkyl halides is 3. The molecule has 1 nitrogen and oxygen atoms in total. The Kier molecular flexibility index (Phi) is 4.40. The Morgan fingerprint density at radius 1 is 0.905 bits per heavy atom. The number of rotatable bonds is 1. The first kappa shape index (κ1) is 15.6. The molecule has 0 aliphatic heterocycles. The second kappa shape index (κ2) is 5.92. The van der Waals surface area contributed by atoms with Crippen LogP contribution in [0.5, 0.6) is 0 Å². The van der Waals surface area contributed by atoms with Crippen molar-refractivity contribution in [2.45, 2.75) is 11.8 Å². The molecule has 21 heavy (non-hydrogen) atoms. The zero-order valence-corrected chi connectivity index (χ0v) is 12.2. The number of halogens is 4. The van der Waals surface area contributed by atoms with Crippen molar-refractivity contribution in [1.29, 1.82) is 0 Å². The molecule has 0 heterocycles. The van der Waals surface area contributed by atoms with E-state index < -0.39 is 11.8 Å². The lowest BCUT2D eigenvalue weighted by molar-refractivity contribution is -0.241. The maximum Gasteiger partial charge on any atom is 0.433 e. The van der Waals surface area contributed by atoms with E-state index in [-0.39, 0.29) is 10.0 Å². The van der Waals surface area contributed by atoms with Crippen molar-refractivity contribution in [3.63, 3.8) is 0 Å². The van der Waals surface area contributed by atoms with Crippen LogP contribution in [0.3, 0.4) is 0 Å². The van der Waals surface area contributed by atoms with Crippen molar-refractivity contribution in [3.05, 3.63) is 70.2 Å². The minimum Gasteiger partial charge on any atom is -0.366 e. The van der Waals surface area contributed by atoms with Crippen LogP contribution >= 0.6 is 15.9 Å². The molecule has 0 fully saturated rings. The molecule has 5 heteroatoms. The lowest BCUT2D eigenvalue weighted by Gasteiger charge is -2.26. The molecular formula is C16H10BrF3O. The number of hydrogen-bond acceptors (Lipinski definition) is 1. The summed E-state index contributed by atoms with van der Waals surface area (Å²) >= 11 is 3.02. The van der Waals surface area contributed by atoms with Crippen molar-refractivity contribution >= 4 is 15.9 Å². The number of aliphatic hydroxyl groups is 1. The molecule has 2 rings (SSSR count). The molecule has 0 amide bonds. The zero-order chi connectivity index (χ0) is 15.5. The summed E-state index contributed by atoms with van der Waals surface area (Å²) in [5, 5.41) is 10.1. The fraction of sp³-hybridized carbons (Fsp3) is 0.125. The lowest BCUT2D eigenvalue weighted by atomic mass is 9.93. The smallest absolute Gasteiger partial charge is 0.366 e. The van der Waals surface area contributed by atoms with Gasteiger partial charge in [-0.25, -0.2) is 0 Å². The van der Waals surface area contributed by atoms with E-state index in [0.29, 0.717) is 5.56 Å². The van der Waals surface area contributed by atoms with E-state index in [1.54, 1.807) is 36.4 Å². The molecule has 0 saturated carbocycles. The van der Waals surface area contributed by atoms with Crippen LogP contribution in [0, 0.1) is 11.8 Å². The Hall–Kier alpha value is -1.77. The highest BCUT2D eigenvalue weighted by atomic mass is 79.9. The average Bonchev–Trinajstić information content (AvgIpc) is 2.45. The van der Waals surface area contributed by atoms with Gasteiger partial charge < -0.3 is 5.11 Å². The Labute approximate surface area is 128 Å². The van der Waals surface area contributed by atoms with Gasteiger partial charge >= 0.3 is 6.18 Å². The summed E-state index contributed by atoms with van der Waals surface area (Å²) in [6, 6.07) is 13.8. The Balaban J connectivity index is 2.55. The van der Waals surface area contributed by atoms with Crippen LogP contribution in [-0.2, 0) is 5.60 Å². The summed E-state index contributed by atoms with van der Waals surface area (Å²) < 4.78 is 40.0. The third-order valence-electron chi connectivity index (χ3n) is 2.84. The molecule has 0 spiro atoms. The second-order valence-electron chi connectivity index (χ2n) is 4.30. The minimum absolute atomic E-state index is 0.146. The van der Waals surface area contributed by atoms with E-state index in [1.807, 2.05) is 5.92 Å². The fourth-order valence-electron chi connectivity index (χ4n) is 1.73. The third kappa shape index (κ3) is 3.29. The summed E-state index contributed by atoms with van der Waals surface area (Å²) in [4.78, 5) is 0. The van der Waals surface area contributed by atoms with Crippen molar-refractivity contribution in [2.24, 2.45) is 0 Å². The van der Waals surface area contributed by atoms with Crippen molar-refractivity contribution in [1.82, 2.24) is 0 Å². The predicted molar refractivity (Wildman–Crippen MR) is 77.4 cm³/mol. The molecule has 1 N–H and O–H groups in total. The maximum absolute atomic E-state index is 13.3. The van der Waals surface area contributed by atoms with Gasteiger partial charge in [0.05, 0.1) is 0 Å². The molecule has 0 aliphatic rings. The molecule has 0 aliphatic carbocycles. The van der Waals surface area contributed by atoms with Crippen LogP contribution in [0.25, 0.3) is 0 Å². The van der Waals surface area contributed by atoms with Gasteiger partial charge in [0.1, 0.15) is 0 Å². The van der Waals surface area contributed by atoms with Crippen molar-refractivity contribution < 1.29 is 18.3 Å². The van der Waals surface area contributed by atoms with E-state index in [1.165, 1.54) is 18.2 Å². The van der Waals surface area contributed by atoms with Crippen LogP contribution in [0.1, 0.15) is 11.1 Å². The number of hydrogen-bond donors (Lipinski definition) is 1. The normalized spacial score (nSPS) is 14.0. The average molecular weight is 355 g/mol. The standard InChI is InChI=1S/C16H10BrF3O/c17-14-9-5-4-8-13(14)15(21,16(18,19)20)11-10-12-6-2-1-3-7-12/h1-9,21H. The van der Waals surface area contributed by atoms with Crippen molar-refractivity contribution in [3.8, 4) is 11.8 Å². The van der Waals surface area contributed by atoms with Gasteiger partial charge in [-0.15, -0.1) is 0 Å². The molecular weight excluding hydrogens is 345 g/mol. The summed E-state index contributed by atoms with van der Waals surface area (Å²) in [5.74, 6) is 4.34. The molecule has 1 atom stereocenters. The van der Waals surface area contributed by atoms with E-state index in [0.717, 1.165) is 0 Å². The van der Waals surface area contributed by atoms with E-state index in [9.17, 15) is 18.3 Å². The molecule has 1 unspecified atom stereocenters.